The number of piperazine rings is 1. The van der Waals surface area contributed by atoms with Crippen LogP contribution in [-0.4, -0.2) is 72.2 Å². The summed E-state index contributed by atoms with van der Waals surface area (Å²) in [5.41, 5.74) is 2.60. The molecule has 0 saturated carbocycles. The highest BCUT2D eigenvalue weighted by molar-refractivity contribution is 7.18. The third-order valence-electron chi connectivity index (χ3n) is 7.23. The normalized spacial score (nSPS) is 17.6. The number of nitrogens with zero attached hydrogens (tertiary/aromatic N) is 4. The minimum absolute atomic E-state index is 0.139. The first kappa shape index (κ1) is 24.8. The van der Waals surface area contributed by atoms with E-state index in [0.29, 0.717) is 18.0 Å². The van der Waals surface area contributed by atoms with E-state index < -0.39 is 6.10 Å². The van der Waals surface area contributed by atoms with Gasteiger partial charge in [-0.3, -0.25) is 14.5 Å². The molecule has 1 aromatic heterocycles. The number of carbonyl (C=O) groups is 2. The van der Waals surface area contributed by atoms with Crippen molar-refractivity contribution >= 4 is 55.5 Å². The molecule has 0 spiro atoms. The lowest BCUT2D eigenvalue weighted by molar-refractivity contribution is -0.121. The number of β-amino-alcohol motifs (C(OH)–C–C–N with tert-alkyl or cyclic N) is 1. The molecule has 2 saturated heterocycles. The van der Waals surface area contributed by atoms with E-state index >= 15 is 0 Å². The number of rotatable bonds is 7. The third-order valence-corrected chi connectivity index (χ3v) is 8.18. The van der Waals surface area contributed by atoms with Gasteiger partial charge >= 0.3 is 0 Å². The highest BCUT2D eigenvalue weighted by atomic mass is 32.1. The molecule has 0 aliphatic carbocycles. The molecule has 3 aromatic carbocycles. The molecule has 1 N–H and O–H groups in total. The van der Waals surface area contributed by atoms with Crippen molar-refractivity contribution in [3.63, 3.8) is 0 Å². The number of aryl methyl sites for hydroxylation is 1. The van der Waals surface area contributed by atoms with Crippen LogP contribution in [0.1, 0.15) is 17.8 Å². The van der Waals surface area contributed by atoms with Gasteiger partial charge in [-0.05, 0) is 36.6 Å². The first-order valence-corrected chi connectivity index (χ1v) is 13.8. The monoisotopic (exact) mass is 530 g/mol. The first-order chi connectivity index (χ1) is 18.4. The fourth-order valence-corrected chi connectivity index (χ4v) is 6.14. The van der Waals surface area contributed by atoms with E-state index in [1.165, 1.54) is 4.90 Å². The molecule has 6 rings (SSSR count). The maximum absolute atomic E-state index is 12.5. The number of aromatic nitrogens is 1. The van der Waals surface area contributed by atoms with E-state index in [-0.39, 0.29) is 31.3 Å². The fourth-order valence-electron chi connectivity index (χ4n) is 5.33. The summed E-state index contributed by atoms with van der Waals surface area (Å²) in [6.45, 7) is 5.91. The number of carbonyl (C=O) groups excluding carboxylic acids is 2. The number of ether oxygens (including phenoxy) is 1. The zero-order valence-corrected chi connectivity index (χ0v) is 22.1. The zero-order valence-electron chi connectivity index (χ0n) is 21.3. The lowest BCUT2D eigenvalue weighted by Gasteiger charge is -2.37. The average molecular weight is 531 g/mol. The summed E-state index contributed by atoms with van der Waals surface area (Å²) in [5.74, 6) is 0.439. The number of aliphatic hydroxyl groups excluding tert-OH is 1. The molecular weight excluding hydrogens is 500 g/mol. The summed E-state index contributed by atoms with van der Waals surface area (Å²) in [7, 11) is 0. The first-order valence-electron chi connectivity index (χ1n) is 13.0. The Labute approximate surface area is 225 Å². The quantitative estimate of drug-likeness (QED) is 0.362. The van der Waals surface area contributed by atoms with Gasteiger partial charge in [0.15, 0.2) is 0 Å². The van der Waals surface area contributed by atoms with Gasteiger partial charge in [0.1, 0.15) is 18.5 Å². The maximum Gasteiger partial charge on any atom is 0.234 e. The summed E-state index contributed by atoms with van der Waals surface area (Å²) in [4.78, 5) is 35.4. The predicted octanol–water partition coefficient (Wildman–Crippen LogP) is 3.97. The minimum Gasteiger partial charge on any atom is -0.491 e. The zero-order chi connectivity index (χ0) is 26.2. The summed E-state index contributed by atoms with van der Waals surface area (Å²) in [6, 6.07) is 17.8. The van der Waals surface area contributed by atoms with E-state index in [0.717, 1.165) is 57.9 Å². The molecule has 8 nitrogen and oxygen atoms in total. The van der Waals surface area contributed by atoms with Crippen molar-refractivity contribution in [1.29, 1.82) is 0 Å². The molecule has 0 bridgehead atoms. The number of fused-ring (bicyclic) bond motifs is 2. The summed E-state index contributed by atoms with van der Waals surface area (Å²) >= 11 is 1.66. The van der Waals surface area contributed by atoms with E-state index in [4.69, 9.17) is 4.74 Å². The maximum atomic E-state index is 12.5. The Kier molecular flexibility index (Phi) is 6.73. The molecule has 9 heteroatoms. The highest BCUT2D eigenvalue weighted by Crippen LogP contribution is 2.35. The molecule has 0 radical (unpaired) electrons. The van der Waals surface area contributed by atoms with Crippen molar-refractivity contribution in [2.75, 3.05) is 49.1 Å². The van der Waals surface area contributed by atoms with E-state index in [1.54, 1.807) is 11.3 Å². The molecule has 196 valence electrons. The van der Waals surface area contributed by atoms with Gasteiger partial charge in [-0.15, -0.1) is 11.3 Å². The summed E-state index contributed by atoms with van der Waals surface area (Å²) < 4.78 is 6.99. The number of hydrogen-bond donors (Lipinski definition) is 1. The molecule has 2 aliphatic rings. The van der Waals surface area contributed by atoms with Crippen LogP contribution < -0.4 is 14.5 Å². The van der Waals surface area contributed by atoms with Crippen LogP contribution in [0.15, 0.2) is 54.6 Å². The van der Waals surface area contributed by atoms with E-state index in [9.17, 15) is 14.7 Å². The second-order valence-electron chi connectivity index (χ2n) is 9.92. The minimum atomic E-state index is -0.603. The fraction of sp³-hybridized carbons (Fsp3) is 0.345. The van der Waals surface area contributed by atoms with Crippen LogP contribution in [0.2, 0.25) is 0 Å². The average Bonchev–Trinajstić information content (AvgIpc) is 3.46. The Balaban J connectivity index is 1.08. The van der Waals surface area contributed by atoms with Gasteiger partial charge in [-0.2, -0.15) is 0 Å². The molecule has 2 aliphatic heterocycles. The number of anilines is 2. The number of benzene rings is 3. The van der Waals surface area contributed by atoms with Crippen molar-refractivity contribution in [3.8, 4) is 5.75 Å². The Hall–Kier alpha value is -3.53. The van der Waals surface area contributed by atoms with Crippen LogP contribution in [0, 0.1) is 6.92 Å². The molecule has 2 amide bonds. The van der Waals surface area contributed by atoms with Gasteiger partial charge in [-0.25, -0.2) is 9.88 Å². The second-order valence-corrected chi connectivity index (χ2v) is 11.2. The molecule has 1 atom stereocenters. The SMILES string of the molecule is Cc1nc2cc(OC[C@H](O)CN3CCN(c4cc(N5C(=O)CCC5=O)c5ccccc5c4)CC3)ccc2s1. The van der Waals surface area contributed by atoms with Crippen molar-refractivity contribution in [2.45, 2.75) is 25.9 Å². The van der Waals surface area contributed by atoms with Crippen molar-refractivity contribution in [2.24, 2.45) is 0 Å². The number of thiazole rings is 1. The number of aliphatic hydroxyl groups is 1. The van der Waals surface area contributed by atoms with Gasteiger partial charge in [0.2, 0.25) is 11.8 Å². The second kappa shape index (κ2) is 10.3. The van der Waals surface area contributed by atoms with Gasteiger partial charge in [0.05, 0.1) is 20.9 Å². The van der Waals surface area contributed by atoms with Crippen LogP contribution in [0.3, 0.4) is 0 Å². The van der Waals surface area contributed by atoms with Crippen molar-refractivity contribution < 1.29 is 19.4 Å². The molecule has 3 heterocycles. The Morgan fingerprint density at radius 2 is 1.76 bits per heavy atom. The molecule has 2 fully saturated rings. The Morgan fingerprint density at radius 1 is 1.00 bits per heavy atom. The predicted molar refractivity (Wildman–Crippen MR) is 150 cm³/mol. The van der Waals surface area contributed by atoms with Crippen LogP contribution in [0.5, 0.6) is 5.75 Å². The number of amides is 2. The summed E-state index contributed by atoms with van der Waals surface area (Å²) in [5, 5.41) is 13.6. The van der Waals surface area contributed by atoms with Crippen LogP contribution in [0.4, 0.5) is 11.4 Å². The smallest absolute Gasteiger partial charge is 0.234 e. The molecule has 0 unspecified atom stereocenters. The topological polar surface area (TPSA) is 86.2 Å². The van der Waals surface area contributed by atoms with Crippen LogP contribution in [0.25, 0.3) is 21.0 Å². The van der Waals surface area contributed by atoms with Crippen molar-refractivity contribution in [3.05, 3.63) is 59.6 Å². The van der Waals surface area contributed by atoms with Crippen LogP contribution >= 0.6 is 11.3 Å². The molecular formula is C29H30N4O4S. The van der Waals surface area contributed by atoms with Crippen LogP contribution in [-0.2, 0) is 9.59 Å². The largest absolute Gasteiger partial charge is 0.491 e. The molecule has 4 aromatic rings. The third kappa shape index (κ3) is 4.97. The van der Waals surface area contributed by atoms with Gasteiger partial charge in [-0.1, -0.05) is 24.3 Å². The van der Waals surface area contributed by atoms with E-state index in [2.05, 4.69) is 20.9 Å². The van der Waals surface area contributed by atoms with E-state index in [1.807, 2.05) is 55.5 Å². The lowest BCUT2D eigenvalue weighted by Crippen LogP contribution is -2.49. The van der Waals surface area contributed by atoms with Gasteiger partial charge < -0.3 is 14.7 Å². The van der Waals surface area contributed by atoms with Gasteiger partial charge in [0.25, 0.3) is 0 Å². The standard InChI is InChI=1S/C29H30N4O4S/c1-19-30-25-16-23(6-7-27(25)38-19)37-18-22(34)17-31-10-12-32(13-11-31)21-14-20-4-2-3-5-24(20)26(15-21)33-28(35)8-9-29(33)36/h2-7,14-16,22,34H,8-13,17-18H2,1H3/t22-/m1/s1. The number of hydrogen-bond acceptors (Lipinski definition) is 8. The molecule has 38 heavy (non-hydrogen) atoms. The summed E-state index contributed by atoms with van der Waals surface area (Å²) in [6.07, 6.45) is -0.0726. The highest BCUT2D eigenvalue weighted by Gasteiger charge is 2.32. The Morgan fingerprint density at radius 3 is 2.55 bits per heavy atom. The van der Waals surface area contributed by atoms with Crippen molar-refractivity contribution in [1.82, 2.24) is 9.88 Å². The number of imide groups is 1. The lowest BCUT2D eigenvalue weighted by atomic mass is 10.1. The van der Waals surface area contributed by atoms with Gasteiger partial charge in [0, 0.05) is 62.7 Å². The Bertz CT molecular complexity index is 1500.